The summed E-state index contributed by atoms with van der Waals surface area (Å²) >= 11 is 22.3. The molecule has 0 aliphatic heterocycles. The van der Waals surface area contributed by atoms with E-state index in [1.807, 2.05) is 0 Å². The molecule has 8 heteroatoms. The number of hydrogen-bond donors (Lipinski definition) is 2. The van der Waals surface area contributed by atoms with Gasteiger partial charge in [0.15, 0.2) is 9.67 Å². The van der Waals surface area contributed by atoms with E-state index in [2.05, 4.69) is 31.4 Å². The van der Waals surface area contributed by atoms with Crippen LogP contribution < -0.4 is 10.6 Å². The second kappa shape index (κ2) is 7.78. The van der Waals surface area contributed by atoms with Crippen LogP contribution in [0.25, 0.3) is 0 Å². The van der Waals surface area contributed by atoms with Crippen molar-refractivity contribution >= 4 is 58.2 Å². The first-order valence-corrected chi connectivity index (χ1v) is 8.83. The Balaban J connectivity index is 2.73. The van der Waals surface area contributed by atoms with E-state index in [9.17, 15) is 9.59 Å². The lowest BCUT2D eigenvalue weighted by atomic mass is 9.62. The number of rotatable bonds is 5. The van der Waals surface area contributed by atoms with Crippen LogP contribution in [0.2, 0.25) is 0 Å². The molecule has 22 heavy (non-hydrogen) atoms. The summed E-state index contributed by atoms with van der Waals surface area (Å²) in [6.45, 7) is 6.79. The molecule has 0 aromatic carbocycles. The third-order valence-electron chi connectivity index (χ3n) is 3.88. The maximum Gasteiger partial charge on any atom is 0.253 e. The normalized spacial score (nSPS) is 27.8. The number of nitrogens with one attached hydrogen (secondary N) is 2. The number of carbonyl (C=O) groups excluding carboxylic acids is 2. The van der Waals surface area contributed by atoms with Gasteiger partial charge in [-0.15, -0.1) is 0 Å². The van der Waals surface area contributed by atoms with Crippen LogP contribution in [0, 0.1) is 10.8 Å². The summed E-state index contributed by atoms with van der Waals surface area (Å²) in [6.07, 6.45) is 2.46. The molecule has 1 aliphatic carbocycles. The van der Waals surface area contributed by atoms with Crippen LogP contribution in [0.15, 0.2) is 0 Å². The lowest BCUT2D eigenvalue weighted by molar-refractivity contribution is -0.122. The maximum absolute atomic E-state index is 11.7. The Morgan fingerprint density at radius 2 is 1.59 bits per heavy atom. The van der Waals surface area contributed by atoms with E-state index < -0.39 is 15.6 Å². The fraction of sp³-hybridized carbons (Fsp3) is 0.857. The fourth-order valence-electron chi connectivity index (χ4n) is 3.51. The van der Waals surface area contributed by atoms with E-state index in [4.69, 9.17) is 46.4 Å². The molecule has 0 bridgehead atoms. The van der Waals surface area contributed by atoms with Crippen molar-refractivity contribution in [2.75, 3.05) is 6.54 Å². The topological polar surface area (TPSA) is 58.2 Å². The average molecular weight is 392 g/mol. The molecule has 1 fully saturated rings. The van der Waals surface area contributed by atoms with Gasteiger partial charge >= 0.3 is 0 Å². The molecule has 4 nitrogen and oxygen atoms in total. The van der Waals surface area contributed by atoms with E-state index in [0.717, 1.165) is 19.3 Å². The van der Waals surface area contributed by atoms with E-state index in [-0.39, 0.29) is 22.8 Å². The van der Waals surface area contributed by atoms with Crippen molar-refractivity contribution in [3.63, 3.8) is 0 Å². The molecule has 0 spiro atoms. The zero-order valence-corrected chi connectivity index (χ0v) is 15.9. The fourth-order valence-corrected chi connectivity index (χ4v) is 3.79. The summed E-state index contributed by atoms with van der Waals surface area (Å²) in [4.78, 5) is 21.1. The zero-order chi connectivity index (χ0) is 17.1. The summed E-state index contributed by atoms with van der Waals surface area (Å²) in [5, 5.41) is 5.63. The first-order chi connectivity index (χ1) is 9.94. The van der Waals surface area contributed by atoms with Crippen molar-refractivity contribution in [1.82, 2.24) is 10.6 Å². The van der Waals surface area contributed by atoms with Gasteiger partial charge in [-0.25, -0.2) is 0 Å². The predicted molar refractivity (Wildman–Crippen MR) is 91.7 cm³/mol. The molecule has 1 aliphatic rings. The summed E-state index contributed by atoms with van der Waals surface area (Å²) in [5.74, 6) is -0.797. The van der Waals surface area contributed by atoms with Gasteiger partial charge < -0.3 is 10.6 Å². The molecule has 2 amide bonds. The van der Waals surface area contributed by atoms with E-state index in [1.54, 1.807) is 0 Å². The van der Waals surface area contributed by atoms with Crippen LogP contribution >= 0.6 is 46.4 Å². The Labute approximate surface area is 151 Å². The molecule has 0 aromatic rings. The number of amides is 2. The molecule has 0 unspecified atom stereocenters. The highest BCUT2D eigenvalue weighted by atomic mass is 35.5. The Hall–Kier alpha value is 0.1000. The molecule has 2 atom stereocenters. The van der Waals surface area contributed by atoms with Crippen molar-refractivity contribution in [2.45, 2.75) is 55.7 Å². The molecular formula is C14H22Cl4N2O2. The molecular weight excluding hydrogens is 370 g/mol. The van der Waals surface area contributed by atoms with Gasteiger partial charge in [0.05, 0.1) is 0 Å². The van der Waals surface area contributed by atoms with E-state index in [1.165, 1.54) is 0 Å². The van der Waals surface area contributed by atoms with Crippen LogP contribution in [-0.4, -0.2) is 34.1 Å². The van der Waals surface area contributed by atoms with Crippen LogP contribution in [0.3, 0.4) is 0 Å². The van der Waals surface area contributed by atoms with Gasteiger partial charge in [0.25, 0.3) is 11.8 Å². The number of alkyl halides is 4. The molecule has 2 N–H and O–H groups in total. The first-order valence-electron chi connectivity index (χ1n) is 7.08. The molecule has 0 heterocycles. The summed E-state index contributed by atoms with van der Waals surface area (Å²) < 4.78 is 0. The lowest BCUT2D eigenvalue weighted by Crippen LogP contribution is -2.51. The Bertz CT molecular complexity index is 429. The third-order valence-corrected chi connectivity index (χ3v) is 4.67. The Morgan fingerprint density at radius 1 is 1.05 bits per heavy atom. The minimum atomic E-state index is -1.08. The lowest BCUT2D eigenvalue weighted by Gasteiger charge is -2.47. The smallest absolute Gasteiger partial charge is 0.253 e. The van der Waals surface area contributed by atoms with Gasteiger partial charge in [-0.2, -0.15) is 0 Å². The average Bonchev–Trinajstić information content (AvgIpc) is 2.33. The third kappa shape index (κ3) is 6.31. The van der Waals surface area contributed by atoms with E-state index in [0.29, 0.717) is 6.54 Å². The zero-order valence-electron chi connectivity index (χ0n) is 12.9. The standard InChI is InChI=1S/C14H22Cl4N2O2/c1-13(2)4-8(20-12(22)10(17)18)5-14(3,6-13)7-19-11(21)9(15)16/h8-10H,4-7H2,1-3H3,(H,19,21)(H,20,22)/t8-,14+/m0/s1. The minimum Gasteiger partial charge on any atom is -0.353 e. The van der Waals surface area contributed by atoms with Crippen molar-refractivity contribution in [3.05, 3.63) is 0 Å². The highest BCUT2D eigenvalue weighted by Crippen LogP contribution is 2.45. The predicted octanol–water partition coefficient (Wildman–Crippen LogP) is 3.41. The van der Waals surface area contributed by atoms with Crippen LogP contribution in [0.5, 0.6) is 0 Å². The molecule has 0 radical (unpaired) electrons. The number of hydrogen-bond acceptors (Lipinski definition) is 2. The largest absolute Gasteiger partial charge is 0.353 e. The van der Waals surface area contributed by atoms with Gasteiger partial charge in [-0.3, -0.25) is 9.59 Å². The quantitative estimate of drug-likeness (QED) is 0.705. The summed E-state index contributed by atoms with van der Waals surface area (Å²) in [5.41, 5.74) is -0.155. The number of carbonyl (C=O) groups is 2. The second-order valence-electron chi connectivity index (χ2n) is 7.08. The van der Waals surface area contributed by atoms with Crippen molar-refractivity contribution in [3.8, 4) is 0 Å². The molecule has 0 saturated heterocycles. The van der Waals surface area contributed by atoms with Crippen molar-refractivity contribution < 1.29 is 9.59 Å². The van der Waals surface area contributed by atoms with Gasteiger partial charge in [0.1, 0.15) is 0 Å². The van der Waals surface area contributed by atoms with Gasteiger partial charge in [0.2, 0.25) is 0 Å². The maximum atomic E-state index is 11.7. The van der Waals surface area contributed by atoms with Crippen molar-refractivity contribution in [2.24, 2.45) is 10.8 Å². The van der Waals surface area contributed by atoms with Crippen LogP contribution in [-0.2, 0) is 9.59 Å². The second-order valence-corrected chi connectivity index (χ2v) is 9.28. The highest BCUT2D eigenvalue weighted by molar-refractivity contribution is 6.53. The molecule has 1 rings (SSSR count). The van der Waals surface area contributed by atoms with Gasteiger partial charge in [-0.05, 0) is 30.1 Å². The summed E-state index contributed by atoms with van der Waals surface area (Å²) in [6, 6.07) is -0.0408. The van der Waals surface area contributed by atoms with Crippen LogP contribution in [0.1, 0.15) is 40.0 Å². The summed E-state index contributed by atoms with van der Waals surface area (Å²) in [7, 11) is 0. The highest BCUT2D eigenvalue weighted by Gasteiger charge is 2.42. The first kappa shape index (κ1) is 20.1. The number of halogens is 4. The Kier molecular flexibility index (Phi) is 7.12. The SMILES string of the molecule is CC1(C)C[C@H](NC(=O)C(Cl)Cl)C[C@@](C)(CNC(=O)C(Cl)Cl)C1. The monoisotopic (exact) mass is 390 g/mol. The molecule has 128 valence electrons. The van der Waals surface area contributed by atoms with E-state index >= 15 is 0 Å². The molecule has 0 aromatic heterocycles. The van der Waals surface area contributed by atoms with Crippen molar-refractivity contribution in [1.29, 1.82) is 0 Å². The Morgan fingerprint density at radius 3 is 2.09 bits per heavy atom. The minimum absolute atomic E-state index is 0.0190. The van der Waals surface area contributed by atoms with Gasteiger partial charge in [-0.1, -0.05) is 67.2 Å². The van der Waals surface area contributed by atoms with Crippen LogP contribution in [0.4, 0.5) is 0 Å². The molecule has 1 saturated carbocycles. The van der Waals surface area contributed by atoms with Gasteiger partial charge in [0, 0.05) is 12.6 Å².